The van der Waals surface area contributed by atoms with Gasteiger partial charge in [0.15, 0.2) is 5.82 Å². The molecule has 0 aliphatic heterocycles. The molecule has 0 saturated heterocycles. The molecule has 0 atom stereocenters. The van der Waals surface area contributed by atoms with Crippen LogP contribution in [0.4, 0.5) is 5.82 Å². The van der Waals surface area contributed by atoms with Crippen molar-refractivity contribution < 1.29 is 4.79 Å². The lowest BCUT2D eigenvalue weighted by Gasteiger charge is -2.00. The van der Waals surface area contributed by atoms with Crippen LogP contribution >= 0.6 is 0 Å². The molecule has 1 amide bonds. The third-order valence-corrected chi connectivity index (χ3v) is 1.48. The van der Waals surface area contributed by atoms with Gasteiger partial charge in [0.25, 0.3) is 0 Å². The third kappa shape index (κ3) is 2.40. The van der Waals surface area contributed by atoms with Crippen LogP contribution in [-0.2, 0) is 4.79 Å². The highest BCUT2D eigenvalue weighted by atomic mass is 16.1. The Hall–Kier alpha value is -1.65. The predicted octanol–water partition coefficient (Wildman–Crippen LogP) is 0.983. The molecule has 0 spiro atoms. The Kier molecular flexibility index (Phi) is 2.79. The van der Waals surface area contributed by atoms with E-state index < -0.39 is 0 Å². The van der Waals surface area contributed by atoms with Gasteiger partial charge in [0.05, 0.1) is 6.20 Å². The van der Waals surface area contributed by atoms with Crippen molar-refractivity contribution in [3.8, 4) is 0 Å². The maximum absolute atomic E-state index is 10.9. The number of hydrogen-bond donors (Lipinski definition) is 1. The molecular formula is C8H12N4O. The zero-order valence-electron chi connectivity index (χ0n) is 7.69. The van der Waals surface area contributed by atoms with Crippen LogP contribution in [0.1, 0.15) is 19.9 Å². The van der Waals surface area contributed by atoms with Crippen LogP contribution in [-0.4, -0.2) is 20.9 Å². The average molecular weight is 180 g/mol. The van der Waals surface area contributed by atoms with E-state index in [4.69, 9.17) is 0 Å². The topological polar surface area (TPSA) is 59.8 Å². The number of nitrogens with one attached hydrogen (secondary N) is 1. The second-order valence-electron chi connectivity index (χ2n) is 2.87. The van der Waals surface area contributed by atoms with Gasteiger partial charge in [0.1, 0.15) is 0 Å². The minimum atomic E-state index is -0.282. The van der Waals surface area contributed by atoms with E-state index in [0.29, 0.717) is 5.82 Å². The maximum Gasteiger partial charge on any atom is 0.249 e. The highest BCUT2D eigenvalue weighted by Crippen LogP contribution is 2.05. The molecule has 1 heterocycles. The van der Waals surface area contributed by atoms with Gasteiger partial charge in [-0.2, -0.15) is 0 Å². The number of hydrogen-bond acceptors (Lipinski definition) is 3. The van der Waals surface area contributed by atoms with Gasteiger partial charge < -0.3 is 5.32 Å². The summed E-state index contributed by atoms with van der Waals surface area (Å²) in [4.78, 5) is 10.9. The molecule has 1 aromatic rings. The van der Waals surface area contributed by atoms with Crippen molar-refractivity contribution in [2.45, 2.75) is 19.9 Å². The van der Waals surface area contributed by atoms with Gasteiger partial charge in [0.2, 0.25) is 5.91 Å². The quantitative estimate of drug-likeness (QED) is 0.705. The molecule has 1 N–H and O–H groups in total. The zero-order chi connectivity index (χ0) is 9.84. The van der Waals surface area contributed by atoms with E-state index in [0.717, 1.165) is 0 Å². The third-order valence-electron chi connectivity index (χ3n) is 1.48. The molecule has 1 rings (SSSR count). The van der Waals surface area contributed by atoms with Gasteiger partial charge in [-0.25, -0.2) is 4.68 Å². The Bertz CT molecular complexity index is 316. The molecule has 5 heteroatoms. The molecule has 0 unspecified atom stereocenters. The first-order valence-electron chi connectivity index (χ1n) is 3.98. The van der Waals surface area contributed by atoms with Gasteiger partial charge in [0, 0.05) is 6.04 Å². The summed E-state index contributed by atoms with van der Waals surface area (Å²) >= 11 is 0. The van der Waals surface area contributed by atoms with Crippen molar-refractivity contribution in [1.82, 2.24) is 15.0 Å². The number of aromatic nitrogens is 3. The predicted molar refractivity (Wildman–Crippen MR) is 49.2 cm³/mol. The van der Waals surface area contributed by atoms with Crippen molar-refractivity contribution in [3.63, 3.8) is 0 Å². The first-order chi connectivity index (χ1) is 6.13. The van der Waals surface area contributed by atoms with Crippen LogP contribution in [0.15, 0.2) is 18.9 Å². The van der Waals surface area contributed by atoms with Gasteiger partial charge in [-0.1, -0.05) is 11.8 Å². The lowest BCUT2D eigenvalue weighted by molar-refractivity contribution is -0.111. The van der Waals surface area contributed by atoms with E-state index in [1.165, 1.54) is 6.08 Å². The fraction of sp³-hybridized carbons (Fsp3) is 0.375. The van der Waals surface area contributed by atoms with Crippen LogP contribution in [0.25, 0.3) is 0 Å². The van der Waals surface area contributed by atoms with Crippen LogP contribution in [0.5, 0.6) is 0 Å². The van der Waals surface area contributed by atoms with Crippen molar-refractivity contribution in [2.75, 3.05) is 5.32 Å². The molecule has 5 nitrogen and oxygen atoms in total. The van der Waals surface area contributed by atoms with Crippen LogP contribution in [0.3, 0.4) is 0 Å². The van der Waals surface area contributed by atoms with Crippen molar-refractivity contribution in [2.24, 2.45) is 0 Å². The fourth-order valence-corrected chi connectivity index (χ4v) is 0.764. The molecule has 0 fully saturated rings. The van der Waals surface area contributed by atoms with Gasteiger partial charge >= 0.3 is 0 Å². The molecule has 0 aliphatic rings. The van der Waals surface area contributed by atoms with E-state index >= 15 is 0 Å². The van der Waals surface area contributed by atoms with Crippen LogP contribution in [0.2, 0.25) is 0 Å². The van der Waals surface area contributed by atoms with E-state index in [-0.39, 0.29) is 11.9 Å². The number of carbonyl (C=O) groups is 1. The summed E-state index contributed by atoms with van der Waals surface area (Å²) in [6.45, 7) is 7.29. The summed E-state index contributed by atoms with van der Waals surface area (Å²) < 4.78 is 1.67. The number of rotatable bonds is 3. The van der Waals surface area contributed by atoms with E-state index in [9.17, 15) is 4.79 Å². The lowest BCUT2D eigenvalue weighted by Crippen LogP contribution is -2.07. The highest BCUT2D eigenvalue weighted by Gasteiger charge is 2.04. The summed E-state index contributed by atoms with van der Waals surface area (Å²) in [6, 6.07) is 0.238. The Morgan fingerprint density at radius 2 is 2.46 bits per heavy atom. The first kappa shape index (κ1) is 9.44. The van der Waals surface area contributed by atoms with Crippen molar-refractivity contribution in [1.29, 1.82) is 0 Å². The smallest absolute Gasteiger partial charge is 0.249 e. The average Bonchev–Trinajstić information content (AvgIpc) is 2.52. The minimum absolute atomic E-state index is 0.238. The first-order valence-corrected chi connectivity index (χ1v) is 3.98. The summed E-state index contributed by atoms with van der Waals surface area (Å²) in [5.41, 5.74) is 0. The lowest BCUT2D eigenvalue weighted by atomic mass is 10.4. The molecule has 0 radical (unpaired) electrons. The van der Waals surface area contributed by atoms with E-state index in [1.54, 1.807) is 10.9 Å². The molecule has 13 heavy (non-hydrogen) atoms. The van der Waals surface area contributed by atoms with Crippen LogP contribution < -0.4 is 5.32 Å². The van der Waals surface area contributed by atoms with Gasteiger partial charge in [-0.15, -0.1) is 5.10 Å². The number of nitrogens with zero attached hydrogens (tertiary/aromatic N) is 3. The van der Waals surface area contributed by atoms with Crippen molar-refractivity contribution in [3.05, 3.63) is 18.9 Å². The number of amides is 1. The fourth-order valence-electron chi connectivity index (χ4n) is 0.764. The molecule has 70 valence electrons. The molecule has 0 bridgehead atoms. The standard InChI is InChI=1S/C8H12N4O/c1-4-8(13)9-7-5-12(6(2)3)11-10-7/h4-6H,1H2,2-3H3,(H,9,13). The normalized spacial score (nSPS) is 10.1. The number of anilines is 1. The summed E-state index contributed by atoms with van der Waals surface area (Å²) in [5, 5.41) is 10.1. The molecule has 0 saturated carbocycles. The van der Waals surface area contributed by atoms with Crippen LogP contribution in [0, 0.1) is 0 Å². The second-order valence-corrected chi connectivity index (χ2v) is 2.87. The maximum atomic E-state index is 10.9. The molecular weight excluding hydrogens is 168 g/mol. The molecule has 1 aromatic heterocycles. The Morgan fingerprint density at radius 3 is 2.92 bits per heavy atom. The zero-order valence-corrected chi connectivity index (χ0v) is 7.69. The van der Waals surface area contributed by atoms with Gasteiger partial charge in [-0.3, -0.25) is 4.79 Å². The monoisotopic (exact) mass is 180 g/mol. The second kappa shape index (κ2) is 3.84. The van der Waals surface area contributed by atoms with Crippen molar-refractivity contribution >= 4 is 11.7 Å². The number of carbonyl (C=O) groups excluding carboxylic acids is 1. The highest BCUT2D eigenvalue weighted by molar-refractivity contribution is 5.98. The largest absolute Gasteiger partial charge is 0.304 e. The van der Waals surface area contributed by atoms with E-state index in [1.807, 2.05) is 13.8 Å². The Labute approximate surface area is 76.4 Å². The summed E-state index contributed by atoms with van der Waals surface area (Å²) in [7, 11) is 0. The Morgan fingerprint density at radius 1 is 1.77 bits per heavy atom. The Balaban J connectivity index is 2.69. The van der Waals surface area contributed by atoms with Gasteiger partial charge in [-0.05, 0) is 19.9 Å². The summed E-state index contributed by atoms with van der Waals surface area (Å²) in [5.74, 6) is 0.161. The molecule has 0 aliphatic carbocycles. The minimum Gasteiger partial charge on any atom is -0.304 e. The van der Waals surface area contributed by atoms with E-state index in [2.05, 4.69) is 22.2 Å². The molecule has 0 aromatic carbocycles. The summed E-state index contributed by atoms with van der Waals surface area (Å²) in [6.07, 6.45) is 2.86. The SMILES string of the molecule is C=CC(=O)Nc1cn(C(C)C)nn1.